The Balaban J connectivity index is 1.92. The molecule has 0 amide bonds. The number of fused-ring (bicyclic) bond motifs is 1. The van der Waals surface area contributed by atoms with Crippen molar-refractivity contribution in [1.82, 2.24) is 0 Å². The molecule has 0 saturated carbocycles. The van der Waals surface area contributed by atoms with E-state index in [2.05, 4.69) is 4.99 Å². The first-order valence-corrected chi connectivity index (χ1v) is 10.1. The van der Waals surface area contributed by atoms with Gasteiger partial charge in [-0.25, -0.2) is 9.79 Å². The third kappa shape index (κ3) is 4.42. The molecule has 6 nitrogen and oxygen atoms in total. The summed E-state index contributed by atoms with van der Waals surface area (Å²) in [6.45, 7) is 3.47. The molecule has 1 aliphatic rings. The summed E-state index contributed by atoms with van der Waals surface area (Å²) in [7, 11) is 1.51. The lowest BCUT2D eigenvalue weighted by Gasteiger charge is -2.11. The van der Waals surface area contributed by atoms with Crippen molar-refractivity contribution in [2.45, 2.75) is 39.5 Å². The molecule has 0 aliphatic heterocycles. The molecule has 1 heterocycles. The summed E-state index contributed by atoms with van der Waals surface area (Å²) >= 11 is 1.56. The second-order valence-corrected chi connectivity index (χ2v) is 7.46. The molecule has 148 valence electrons. The second kappa shape index (κ2) is 9.01. The van der Waals surface area contributed by atoms with Gasteiger partial charge in [-0.1, -0.05) is 0 Å². The van der Waals surface area contributed by atoms with Crippen molar-refractivity contribution in [3.63, 3.8) is 0 Å². The van der Waals surface area contributed by atoms with Crippen LogP contribution in [0.2, 0.25) is 0 Å². The smallest absolute Gasteiger partial charge is 0.341 e. The number of hydrogen-bond donors (Lipinski definition) is 0. The maximum absolute atomic E-state index is 12.5. The second-order valence-electron chi connectivity index (χ2n) is 6.37. The normalized spacial score (nSPS) is 13.2. The number of benzene rings is 1. The first kappa shape index (κ1) is 20.1. The van der Waals surface area contributed by atoms with E-state index < -0.39 is 5.97 Å². The van der Waals surface area contributed by atoms with E-state index in [1.165, 1.54) is 18.9 Å². The van der Waals surface area contributed by atoms with Gasteiger partial charge < -0.3 is 14.2 Å². The fourth-order valence-electron chi connectivity index (χ4n) is 3.19. The van der Waals surface area contributed by atoms with Crippen LogP contribution >= 0.6 is 11.3 Å². The Hall–Kier alpha value is -2.67. The van der Waals surface area contributed by atoms with Gasteiger partial charge in [0, 0.05) is 18.0 Å². The zero-order chi connectivity index (χ0) is 20.1. The fourth-order valence-corrected chi connectivity index (χ4v) is 4.41. The molecule has 0 spiro atoms. The maximum Gasteiger partial charge on any atom is 0.341 e. The van der Waals surface area contributed by atoms with Gasteiger partial charge in [0.15, 0.2) is 11.5 Å². The van der Waals surface area contributed by atoms with Gasteiger partial charge in [-0.3, -0.25) is 4.79 Å². The zero-order valence-electron chi connectivity index (χ0n) is 16.2. The van der Waals surface area contributed by atoms with Crippen LogP contribution in [-0.4, -0.2) is 31.9 Å². The summed E-state index contributed by atoms with van der Waals surface area (Å²) < 4.78 is 15.7. The number of hydrogen-bond acceptors (Lipinski definition) is 7. The highest BCUT2D eigenvalue weighted by atomic mass is 32.1. The SMILES string of the molecule is CCOC(=O)c1c(N=Cc2ccc(OC(C)=O)c(OC)c2)sc2c1CCCC2. The van der Waals surface area contributed by atoms with E-state index in [4.69, 9.17) is 14.2 Å². The lowest BCUT2D eigenvalue weighted by molar-refractivity contribution is -0.132. The van der Waals surface area contributed by atoms with Gasteiger partial charge in [-0.05, 0) is 61.9 Å². The number of ether oxygens (including phenoxy) is 3. The van der Waals surface area contributed by atoms with Gasteiger partial charge in [0.1, 0.15) is 5.00 Å². The third-order valence-corrected chi connectivity index (χ3v) is 5.60. The van der Waals surface area contributed by atoms with Gasteiger partial charge in [-0.2, -0.15) is 0 Å². The number of methoxy groups -OCH3 is 1. The molecule has 0 fully saturated rings. The summed E-state index contributed by atoms with van der Waals surface area (Å²) in [5.74, 6) is 0.0704. The highest BCUT2D eigenvalue weighted by molar-refractivity contribution is 7.16. The van der Waals surface area contributed by atoms with Crippen LogP contribution in [-0.2, 0) is 22.4 Å². The van der Waals surface area contributed by atoms with Crippen molar-refractivity contribution in [2.24, 2.45) is 4.99 Å². The predicted molar refractivity (Wildman–Crippen MR) is 108 cm³/mol. The van der Waals surface area contributed by atoms with Crippen molar-refractivity contribution in [2.75, 3.05) is 13.7 Å². The molecule has 1 aromatic carbocycles. The third-order valence-electron chi connectivity index (χ3n) is 4.40. The standard InChI is InChI=1S/C21H23NO5S/c1-4-26-21(24)19-15-7-5-6-8-18(15)28-20(19)22-12-14-9-10-16(27-13(2)23)17(11-14)25-3/h9-12H,4-8H2,1-3H3. The van der Waals surface area contributed by atoms with Gasteiger partial charge in [-0.15, -0.1) is 11.3 Å². The number of thiophene rings is 1. The summed E-state index contributed by atoms with van der Waals surface area (Å²) in [4.78, 5) is 29.5. The molecule has 0 unspecified atom stereocenters. The molecule has 0 saturated heterocycles. The molecule has 0 N–H and O–H groups in total. The van der Waals surface area contributed by atoms with Crippen molar-refractivity contribution in [3.05, 3.63) is 39.8 Å². The van der Waals surface area contributed by atoms with Gasteiger partial charge >= 0.3 is 11.9 Å². The molecule has 7 heteroatoms. The largest absolute Gasteiger partial charge is 0.493 e. The van der Waals surface area contributed by atoms with Crippen LogP contribution in [0.4, 0.5) is 5.00 Å². The Morgan fingerprint density at radius 3 is 2.71 bits per heavy atom. The Labute approximate surface area is 168 Å². The number of aryl methyl sites for hydroxylation is 1. The van der Waals surface area contributed by atoms with Crippen LogP contribution in [0, 0.1) is 0 Å². The van der Waals surface area contributed by atoms with Crippen LogP contribution in [0.25, 0.3) is 0 Å². The van der Waals surface area contributed by atoms with E-state index in [9.17, 15) is 9.59 Å². The highest BCUT2D eigenvalue weighted by Crippen LogP contribution is 2.40. The number of aliphatic imine (C=N–C) groups is 1. The molecular weight excluding hydrogens is 378 g/mol. The Morgan fingerprint density at radius 1 is 1.21 bits per heavy atom. The highest BCUT2D eigenvalue weighted by Gasteiger charge is 2.26. The van der Waals surface area contributed by atoms with Crippen molar-refractivity contribution < 1.29 is 23.8 Å². The van der Waals surface area contributed by atoms with Crippen molar-refractivity contribution in [1.29, 1.82) is 0 Å². The maximum atomic E-state index is 12.5. The van der Waals surface area contributed by atoms with Crippen LogP contribution < -0.4 is 9.47 Å². The zero-order valence-corrected chi connectivity index (χ0v) is 17.1. The summed E-state index contributed by atoms with van der Waals surface area (Å²) in [6.07, 6.45) is 5.76. The van der Waals surface area contributed by atoms with Gasteiger partial charge in [0.2, 0.25) is 0 Å². The van der Waals surface area contributed by atoms with Crippen LogP contribution in [0.15, 0.2) is 23.2 Å². The predicted octanol–water partition coefficient (Wildman–Crippen LogP) is 4.49. The summed E-state index contributed by atoms with van der Waals surface area (Å²) in [6, 6.07) is 5.18. The lowest BCUT2D eigenvalue weighted by atomic mass is 9.95. The first-order valence-electron chi connectivity index (χ1n) is 9.25. The Kier molecular flexibility index (Phi) is 6.46. The fraction of sp³-hybridized carbons (Fsp3) is 0.381. The molecule has 28 heavy (non-hydrogen) atoms. The molecule has 1 aliphatic carbocycles. The van der Waals surface area contributed by atoms with Gasteiger partial charge in [0.25, 0.3) is 0 Å². The number of carbonyl (C=O) groups is 2. The average Bonchev–Trinajstić information content (AvgIpc) is 3.05. The minimum absolute atomic E-state index is 0.308. The quantitative estimate of drug-likeness (QED) is 0.405. The Bertz CT molecular complexity index is 916. The number of rotatable bonds is 6. The number of nitrogens with zero attached hydrogens (tertiary/aromatic N) is 1. The lowest BCUT2D eigenvalue weighted by Crippen LogP contribution is -2.09. The van der Waals surface area contributed by atoms with Crippen molar-refractivity contribution in [3.8, 4) is 11.5 Å². The van der Waals surface area contributed by atoms with Gasteiger partial charge in [0.05, 0.1) is 19.3 Å². The van der Waals surface area contributed by atoms with E-state index >= 15 is 0 Å². The van der Waals surface area contributed by atoms with Crippen molar-refractivity contribution >= 4 is 34.5 Å². The molecule has 2 aromatic rings. The van der Waals surface area contributed by atoms with Crippen LogP contribution in [0.3, 0.4) is 0 Å². The molecule has 0 bridgehead atoms. The van der Waals surface area contributed by atoms with E-state index in [1.54, 1.807) is 42.7 Å². The number of carbonyl (C=O) groups excluding carboxylic acids is 2. The molecule has 3 rings (SSSR count). The Morgan fingerprint density at radius 2 is 2.00 bits per heavy atom. The van der Waals surface area contributed by atoms with Crippen LogP contribution in [0.5, 0.6) is 11.5 Å². The first-order chi connectivity index (χ1) is 13.5. The summed E-state index contributed by atoms with van der Waals surface area (Å²) in [5.41, 5.74) is 2.46. The molecule has 0 radical (unpaired) electrons. The summed E-state index contributed by atoms with van der Waals surface area (Å²) in [5, 5.41) is 0.674. The molecule has 0 atom stereocenters. The minimum Gasteiger partial charge on any atom is -0.493 e. The van der Waals surface area contributed by atoms with E-state index in [0.717, 1.165) is 36.8 Å². The van der Waals surface area contributed by atoms with Crippen LogP contribution in [0.1, 0.15) is 53.1 Å². The average molecular weight is 401 g/mol. The monoisotopic (exact) mass is 401 g/mol. The topological polar surface area (TPSA) is 74.2 Å². The molecular formula is C21H23NO5S. The van der Waals surface area contributed by atoms with E-state index in [0.29, 0.717) is 28.7 Å². The molecule has 1 aromatic heterocycles. The number of esters is 2. The van der Waals surface area contributed by atoms with E-state index in [1.807, 2.05) is 0 Å². The van der Waals surface area contributed by atoms with E-state index in [-0.39, 0.29) is 5.97 Å². The minimum atomic E-state index is -0.414.